The van der Waals surface area contributed by atoms with Crippen LogP contribution in [-0.4, -0.2) is 54.3 Å². The van der Waals surface area contributed by atoms with Gasteiger partial charge < -0.3 is 10.1 Å². The molecule has 0 aliphatic carbocycles. The van der Waals surface area contributed by atoms with E-state index in [0.717, 1.165) is 32.7 Å². The van der Waals surface area contributed by atoms with E-state index in [1.165, 1.54) is 0 Å². The Labute approximate surface area is 119 Å². The summed E-state index contributed by atoms with van der Waals surface area (Å²) in [5.74, 6) is 0. The van der Waals surface area contributed by atoms with Crippen molar-refractivity contribution in [1.82, 2.24) is 15.2 Å². The van der Waals surface area contributed by atoms with Crippen molar-refractivity contribution in [3.8, 4) is 0 Å². The Bertz CT molecular complexity index is 430. The lowest BCUT2D eigenvalue weighted by atomic mass is 10.1. The Balaban J connectivity index is 1.82. The van der Waals surface area contributed by atoms with Crippen LogP contribution in [0.25, 0.3) is 0 Å². The highest BCUT2D eigenvalue weighted by molar-refractivity contribution is 5.84. The van der Waals surface area contributed by atoms with E-state index in [2.05, 4.69) is 20.5 Å². The highest BCUT2D eigenvalue weighted by atomic mass is 16.6. The molecule has 0 saturated carbocycles. The second-order valence-electron chi connectivity index (χ2n) is 5.54. The van der Waals surface area contributed by atoms with Crippen molar-refractivity contribution < 1.29 is 9.53 Å². The van der Waals surface area contributed by atoms with Gasteiger partial charge in [0.05, 0.1) is 11.9 Å². The number of nitrogens with one attached hydrogen (secondary N) is 2. The predicted molar refractivity (Wildman–Crippen MR) is 77.7 cm³/mol. The third kappa shape index (κ3) is 4.79. The molecule has 6 heteroatoms. The molecule has 0 radical (unpaired) electrons. The number of nitrogens with zero attached hydrogens (tertiary/aromatic N) is 2. The van der Waals surface area contributed by atoms with Gasteiger partial charge in [0.1, 0.15) is 5.60 Å². The maximum absolute atomic E-state index is 11.9. The van der Waals surface area contributed by atoms with Gasteiger partial charge in [0.15, 0.2) is 0 Å². The van der Waals surface area contributed by atoms with Crippen LogP contribution in [0.2, 0.25) is 0 Å². The summed E-state index contributed by atoms with van der Waals surface area (Å²) in [5.41, 5.74) is 0.111. The lowest BCUT2D eigenvalue weighted by Gasteiger charge is -2.34. The van der Waals surface area contributed by atoms with Crippen LogP contribution in [0.4, 0.5) is 10.5 Å². The number of ether oxygens (including phenoxy) is 1. The van der Waals surface area contributed by atoms with Crippen molar-refractivity contribution in [3.05, 3.63) is 24.5 Å². The summed E-state index contributed by atoms with van der Waals surface area (Å²) in [6.45, 7) is 8.52. The Morgan fingerprint density at radius 1 is 1.50 bits per heavy atom. The van der Waals surface area contributed by atoms with E-state index in [-0.39, 0.29) is 0 Å². The van der Waals surface area contributed by atoms with Gasteiger partial charge in [-0.05, 0) is 26.0 Å². The zero-order chi connectivity index (χ0) is 14.4. The summed E-state index contributed by atoms with van der Waals surface area (Å²) in [5, 5.41) is 5.99. The summed E-state index contributed by atoms with van der Waals surface area (Å²) in [7, 11) is 0. The van der Waals surface area contributed by atoms with Gasteiger partial charge in [-0.15, -0.1) is 0 Å². The van der Waals surface area contributed by atoms with Crippen LogP contribution < -0.4 is 10.6 Å². The first-order valence-electron chi connectivity index (χ1n) is 6.88. The minimum absolute atomic E-state index is 0.446. The molecule has 1 aromatic rings. The molecule has 1 aliphatic rings. The molecule has 1 fully saturated rings. The molecule has 0 spiro atoms. The van der Waals surface area contributed by atoms with Gasteiger partial charge >= 0.3 is 6.09 Å². The third-order valence-electron chi connectivity index (χ3n) is 3.09. The first-order chi connectivity index (χ1) is 9.55. The van der Waals surface area contributed by atoms with Crippen molar-refractivity contribution in [2.45, 2.75) is 19.4 Å². The van der Waals surface area contributed by atoms with Gasteiger partial charge in [-0.2, -0.15) is 0 Å². The van der Waals surface area contributed by atoms with Crippen LogP contribution in [0.5, 0.6) is 0 Å². The number of aromatic nitrogens is 1. The van der Waals surface area contributed by atoms with Crippen molar-refractivity contribution >= 4 is 11.8 Å². The lowest BCUT2D eigenvalue weighted by molar-refractivity contribution is 0.0158. The maximum atomic E-state index is 11.9. The number of carbonyl (C=O) groups is 1. The molecule has 110 valence electrons. The number of hydrogen-bond donors (Lipinski definition) is 2. The molecule has 1 amide bonds. The zero-order valence-corrected chi connectivity index (χ0v) is 12.1. The lowest BCUT2D eigenvalue weighted by Crippen LogP contribution is -2.50. The van der Waals surface area contributed by atoms with Crippen LogP contribution in [-0.2, 0) is 4.74 Å². The molecule has 1 aliphatic heterocycles. The molecular weight excluding hydrogens is 256 g/mol. The van der Waals surface area contributed by atoms with E-state index in [9.17, 15) is 4.79 Å². The van der Waals surface area contributed by atoms with Gasteiger partial charge in [0.2, 0.25) is 0 Å². The second kappa shape index (κ2) is 6.67. The summed E-state index contributed by atoms with van der Waals surface area (Å²) in [6.07, 6.45) is 2.80. The first kappa shape index (κ1) is 14.7. The fraction of sp³-hybridized carbons (Fsp3) is 0.571. The van der Waals surface area contributed by atoms with Crippen molar-refractivity contribution in [3.63, 3.8) is 0 Å². The average Bonchev–Trinajstić information content (AvgIpc) is 2.39. The molecule has 2 rings (SSSR count). The average molecular weight is 278 g/mol. The predicted octanol–water partition coefficient (Wildman–Crippen LogP) is 1.31. The number of rotatable bonds is 4. The fourth-order valence-electron chi connectivity index (χ4n) is 2.27. The topological polar surface area (TPSA) is 66.5 Å². The summed E-state index contributed by atoms with van der Waals surface area (Å²) >= 11 is 0. The number of hydrogen-bond acceptors (Lipinski definition) is 5. The first-order valence-corrected chi connectivity index (χ1v) is 6.88. The molecular formula is C14H22N4O2. The third-order valence-corrected chi connectivity index (χ3v) is 3.09. The molecule has 2 N–H and O–H groups in total. The largest absolute Gasteiger partial charge is 0.442 e. The van der Waals surface area contributed by atoms with Crippen LogP contribution >= 0.6 is 0 Å². The van der Waals surface area contributed by atoms with Crippen LogP contribution in [0.3, 0.4) is 0 Å². The van der Waals surface area contributed by atoms with Crippen molar-refractivity contribution in [2.24, 2.45) is 0 Å². The van der Waals surface area contributed by atoms with Gasteiger partial charge in [-0.25, -0.2) is 4.79 Å². The SMILES string of the molecule is CC(C)(CN1CCNCC1)OC(=O)Nc1cccnc1. The Morgan fingerprint density at radius 3 is 2.90 bits per heavy atom. The van der Waals surface area contributed by atoms with Crippen molar-refractivity contribution in [2.75, 3.05) is 38.0 Å². The van der Waals surface area contributed by atoms with Crippen LogP contribution in [0, 0.1) is 0 Å². The number of piperazine rings is 1. The molecule has 0 bridgehead atoms. The zero-order valence-electron chi connectivity index (χ0n) is 12.1. The Kier molecular flexibility index (Phi) is 4.92. The molecule has 0 unspecified atom stereocenters. The van der Waals surface area contributed by atoms with E-state index < -0.39 is 11.7 Å². The van der Waals surface area contributed by atoms with Gasteiger partial charge in [0.25, 0.3) is 0 Å². The molecule has 20 heavy (non-hydrogen) atoms. The molecule has 1 aromatic heterocycles. The normalized spacial score (nSPS) is 16.7. The number of pyridine rings is 1. The standard InChI is InChI=1S/C14H22N4O2/c1-14(2,11-18-8-6-15-7-9-18)20-13(19)17-12-4-3-5-16-10-12/h3-5,10,15H,6-9,11H2,1-2H3,(H,17,19). The van der Waals surface area contributed by atoms with E-state index in [0.29, 0.717) is 5.69 Å². The summed E-state index contributed by atoms with van der Waals surface area (Å²) in [4.78, 5) is 18.1. The number of carbonyl (C=O) groups excluding carboxylic acids is 1. The molecule has 6 nitrogen and oxygen atoms in total. The highest BCUT2D eigenvalue weighted by Crippen LogP contribution is 2.14. The van der Waals surface area contributed by atoms with Gasteiger partial charge in [-0.3, -0.25) is 15.2 Å². The Morgan fingerprint density at radius 2 is 2.25 bits per heavy atom. The Hall–Kier alpha value is -1.66. The summed E-state index contributed by atoms with van der Waals surface area (Å²) < 4.78 is 5.50. The van der Waals surface area contributed by atoms with Crippen LogP contribution in [0.15, 0.2) is 24.5 Å². The number of anilines is 1. The van der Waals surface area contributed by atoms with Crippen LogP contribution in [0.1, 0.15) is 13.8 Å². The smallest absolute Gasteiger partial charge is 0.412 e. The maximum Gasteiger partial charge on any atom is 0.412 e. The number of amides is 1. The molecule has 2 heterocycles. The monoisotopic (exact) mass is 278 g/mol. The van der Waals surface area contributed by atoms with E-state index >= 15 is 0 Å². The quantitative estimate of drug-likeness (QED) is 0.869. The van der Waals surface area contributed by atoms with Crippen molar-refractivity contribution in [1.29, 1.82) is 0 Å². The summed E-state index contributed by atoms with van der Waals surface area (Å²) in [6, 6.07) is 3.54. The minimum Gasteiger partial charge on any atom is -0.442 e. The van der Waals surface area contributed by atoms with E-state index in [1.807, 2.05) is 13.8 Å². The molecule has 0 atom stereocenters. The molecule has 1 saturated heterocycles. The molecule has 0 aromatic carbocycles. The second-order valence-corrected chi connectivity index (χ2v) is 5.54. The highest BCUT2D eigenvalue weighted by Gasteiger charge is 2.26. The fourth-order valence-corrected chi connectivity index (χ4v) is 2.27. The van der Waals surface area contributed by atoms with Gasteiger partial charge in [0, 0.05) is 38.9 Å². The van der Waals surface area contributed by atoms with E-state index in [1.54, 1.807) is 24.5 Å². The van der Waals surface area contributed by atoms with E-state index in [4.69, 9.17) is 4.74 Å². The minimum atomic E-state index is -0.524. The van der Waals surface area contributed by atoms with Gasteiger partial charge in [-0.1, -0.05) is 0 Å².